The number of sulfonamides is 1. The Hall–Kier alpha value is -1.06. The summed E-state index contributed by atoms with van der Waals surface area (Å²) in [5, 5.41) is 11.1. The van der Waals surface area contributed by atoms with Gasteiger partial charge in [0.25, 0.3) is 5.91 Å². The predicted octanol–water partition coefficient (Wildman–Crippen LogP) is -0.745. The molecule has 0 aromatic carbocycles. The lowest BCUT2D eigenvalue weighted by Gasteiger charge is -2.02. The van der Waals surface area contributed by atoms with Gasteiger partial charge in [-0.3, -0.25) is 4.79 Å². The molecule has 0 aliphatic heterocycles. The lowest BCUT2D eigenvalue weighted by molar-refractivity contribution is 0.0957. The number of aromatic nitrogens is 2. The topological polar surface area (TPSA) is 115 Å². The van der Waals surface area contributed by atoms with Crippen LogP contribution in [0.5, 0.6) is 0 Å². The van der Waals surface area contributed by atoms with Crippen LogP contribution in [0.2, 0.25) is 0 Å². The maximum absolute atomic E-state index is 11.5. The first-order valence-corrected chi connectivity index (χ1v) is 6.96. The van der Waals surface area contributed by atoms with Crippen molar-refractivity contribution in [1.82, 2.24) is 14.9 Å². The van der Waals surface area contributed by atoms with Gasteiger partial charge in [-0.2, -0.15) is 0 Å². The Morgan fingerprint density at radius 2 is 2.25 bits per heavy atom. The van der Waals surface area contributed by atoms with Crippen molar-refractivity contribution >= 4 is 27.5 Å². The fourth-order valence-electron chi connectivity index (χ4n) is 0.995. The summed E-state index contributed by atoms with van der Waals surface area (Å²) in [5.41, 5.74) is 0.564. The van der Waals surface area contributed by atoms with E-state index in [-0.39, 0.29) is 24.6 Å². The van der Waals surface area contributed by atoms with Gasteiger partial charge in [0.05, 0.1) is 11.4 Å². The van der Waals surface area contributed by atoms with Crippen molar-refractivity contribution in [2.75, 3.05) is 12.3 Å². The van der Waals surface area contributed by atoms with Crippen molar-refractivity contribution in [3.63, 3.8) is 0 Å². The number of aryl methyl sites for hydroxylation is 1. The summed E-state index contributed by atoms with van der Waals surface area (Å²) in [7, 11) is -3.46. The minimum Gasteiger partial charge on any atom is -0.351 e. The monoisotopic (exact) mass is 264 g/mol. The number of nitrogens with two attached hydrogens (primary N) is 1. The van der Waals surface area contributed by atoms with Gasteiger partial charge in [0.2, 0.25) is 10.0 Å². The highest BCUT2D eigenvalue weighted by Gasteiger charge is 2.12. The Labute approximate surface area is 97.3 Å². The van der Waals surface area contributed by atoms with E-state index in [1.165, 1.54) is 0 Å². The van der Waals surface area contributed by atoms with Gasteiger partial charge in [-0.25, -0.2) is 13.6 Å². The molecular formula is C7H12N4O3S2. The van der Waals surface area contributed by atoms with Crippen LogP contribution in [0.25, 0.3) is 0 Å². The second-order valence-corrected chi connectivity index (χ2v) is 5.65. The average Bonchev–Trinajstić information content (AvgIpc) is 2.57. The van der Waals surface area contributed by atoms with Crippen molar-refractivity contribution in [2.24, 2.45) is 5.14 Å². The van der Waals surface area contributed by atoms with Crippen LogP contribution in [-0.4, -0.2) is 36.2 Å². The Balaban J connectivity index is 2.35. The molecule has 0 bridgehead atoms. The molecule has 16 heavy (non-hydrogen) atoms. The smallest absolute Gasteiger partial charge is 0.264 e. The number of hydrogen-bond donors (Lipinski definition) is 2. The molecule has 0 radical (unpaired) electrons. The molecule has 1 rings (SSSR count). The van der Waals surface area contributed by atoms with Gasteiger partial charge >= 0.3 is 0 Å². The minimum absolute atomic E-state index is 0.146. The van der Waals surface area contributed by atoms with Crippen LogP contribution in [0, 0.1) is 6.92 Å². The largest absolute Gasteiger partial charge is 0.351 e. The highest BCUT2D eigenvalue weighted by molar-refractivity contribution is 7.89. The molecule has 0 fully saturated rings. The zero-order chi connectivity index (χ0) is 12.2. The van der Waals surface area contributed by atoms with Crippen molar-refractivity contribution in [3.05, 3.63) is 10.6 Å². The van der Waals surface area contributed by atoms with Crippen LogP contribution >= 0.6 is 11.5 Å². The lowest BCUT2D eigenvalue weighted by atomic mass is 10.3. The molecule has 0 atom stereocenters. The summed E-state index contributed by atoms with van der Waals surface area (Å²) in [6.07, 6.45) is 0.288. The molecule has 1 heterocycles. The second-order valence-electron chi connectivity index (χ2n) is 3.16. The van der Waals surface area contributed by atoms with Gasteiger partial charge < -0.3 is 5.32 Å². The molecule has 0 spiro atoms. The van der Waals surface area contributed by atoms with E-state index in [2.05, 4.69) is 14.9 Å². The first kappa shape index (κ1) is 13.0. The first-order valence-electron chi connectivity index (χ1n) is 4.48. The molecule has 1 amide bonds. The third kappa shape index (κ3) is 4.21. The van der Waals surface area contributed by atoms with Gasteiger partial charge in [0, 0.05) is 6.54 Å². The first-order chi connectivity index (χ1) is 7.40. The molecule has 0 saturated carbocycles. The van der Waals surface area contributed by atoms with Gasteiger partial charge in [-0.15, -0.1) is 5.10 Å². The van der Waals surface area contributed by atoms with Crippen LogP contribution < -0.4 is 10.5 Å². The molecule has 0 aliphatic carbocycles. The van der Waals surface area contributed by atoms with E-state index in [4.69, 9.17) is 5.14 Å². The zero-order valence-corrected chi connectivity index (χ0v) is 10.3. The standard InChI is InChI=1S/C7H12N4O3S2/c1-5-6(15-11-10-5)7(12)9-3-2-4-16(8,13)14/h2-4H2,1H3,(H,9,12)(H2,8,13,14). The number of carbonyl (C=O) groups excluding carboxylic acids is 1. The summed E-state index contributed by atoms with van der Waals surface area (Å²) in [6, 6.07) is 0. The van der Waals surface area contributed by atoms with Crippen molar-refractivity contribution in [3.8, 4) is 0 Å². The molecule has 3 N–H and O–H groups in total. The van der Waals surface area contributed by atoms with Gasteiger partial charge in [0.1, 0.15) is 4.88 Å². The molecule has 0 saturated heterocycles. The van der Waals surface area contributed by atoms with E-state index >= 15 is 0 Å². The average molecular weight is 264 g/mol. The van der Waals surface area contributed by atoms with Crippen molar-refractivity contribution < 1.29 is 13.2 Å². The highest BCUT2D eigenvalue weighted by atomic mass is 32.2. The highest BCUT2D eigenvalue weighted by Crippen LogP contribution is 2.08. The number of rotatable bonds is 5. The molecule has 0 unspecified atom stereocenters. The fourth-order valence-corrected chi connectivity index (χ4v) is 2.11. The Morgan fingerprint density at radius 3 is 2.75 bits per heavy atom. The third-order valence-corrected chi connectivity index (χ3v) is 3.43. The quantitative estimate of drug-likeness (QED) is 0.679. The number of carbonyl (C=O) groups is 1. The van der Waals surface area contributed by atoms with E-state index < -0.39 is 10.0 Å². The molecule has 90 valence electrons. The van der Waals surface area contributed by atoms with E-state index in [0.717, 1.165) is 11.5 Å². The normalized spacial score (nSPS) is 11.4. The van der Waals surface area contributed by atoms with E-state index in [1.807, 2.05) is 0 Å². The van der Waals surface area contributed by atoms with E-state index in [0.29, 0.717) is 10.6 Å². The van der Waals surface area contributed by atoms with E-state index in [1.54, 1.807) is 6.92 Å². The Bertz CT molecular complexity index is 468. The molecular weight excluding hydrogens is 252 g/mol. The number of amides is 1. The number of nitrogens with one attached hydrogen (secondary N) is 1. The maximum Gasteiger partial charge on any atom is 0.264 e. The van der Waals surface area contributed by atoms with Gasteiger partial charge in [0.15, 0.2) is 0 Å². The van der Waals surface area contributed by atoms with Crippen molar-refractivity contribution in [2.45, 2.75) is 13.3 Å². The number of primary sulfonamides is 1. The van der Waals surface area contributed by atoms with Gasteiger partial charge in [-0.05, 0) is 24.9 Å². The Kier molecular flexibility index (Phi) is 4.33. The van der Waals surface area contributed by atoms with Crippen LogP contribution in [0.3, 0.4) is 0 Å². The molecule has 7 nitrogen and oxygen atoms in total. The van der Waals surface area contributed by atoms with Gasteiger partial charge in [-0.1, -0.05) is 4.49 Å². The summed E-state index contributed by atoms with van der Waals surface area (Å²) < 4.78 is 24.8. The molecule has 9 heteroatoms. The predicted molar refractivity (Wildman–Crippen MR) is 59.6 cm³/mol. The second kappa shape index (κ2) is 5.32. The summed E-state index contributed by atoms with van der Waals surface area (Å²) in [6.45, 7) is 1.94. The summed E-state index contributed by atoms with van der Waals surface area (Å²) >= 11 is 1.01. The molecule has 1 aromatic rings. The van der Waals surface area contributed by atoms with Crippen LogP contribution in [0.4, 0.5) is 0 Å². The number of hydrogen-bond acceptors (Lipinski definition) is 6. The molecule has 0 aliphatic rings. The lowest BCUT2D eigenvalue weighted by Crippen LogP contribution is -2.27. The summed E-state index contributed by atoms with van der Waals surface area (Å²) in [5.74, 6) is -0.436. The maximum atomic E-state index is 11.5. The third-order valence-electron chi connectivity index (χ3n) is 1.75. The van der Waals surface area contributed by atoms with Crippen LogP contribution in [-0.2, 0) is 10.0 Å². The molecule has 1 aromatic heterocycles. The zero-order valence-electron chi connectivity index (χ0n) is 8.63. The number of nitrogens with zero attached hydrogens (tertiary/aromatic N) is 2. The Morgan fingerprint density at radius 1 is 1.56 bits per heavy atom. The van der Waals surface area contributed by atoms with E-state index in [9.17, 15) is 13.2 Å². The van der Waals surface area contributed by atoms with Crippen LogP contribution in [0.15, 0.2) is 0 Å². The SMILES string of the molecule is Cc1nnsc1C(=O)NCCCS(N)(=O)=O. The summed E-state index contributed by atoms with van der Waals surface area (Å²) in [4.78, 5) is 11.9. The fraction of sp³-hybridized carbons (Fsp3) is 0.571. The van der Waals surface area contributed by atoms with Crippen LogP contribution in [0.1, 0.15) is 21.8 Å². The van der Waals surface area contributed by atoms with Crippen molar-refractivity contribution in [1.29, 1.82) is 0 Å². The minimum atomic E-state index is -3.46.